The van der Waals surface area contributed by atoms with Gasteiger partial charge in [0.15, 0.2) is 0 Å². The molecule has 0 heterocycles. The van der Waals surface area contributed by atoms with E-state index in [1.807, 2.05) is 20.8 Å². The molecule has 1 unspecified atom stereocenters. The van der Waals surface area contributed by atoms with Crippen molar-refractivity contribution in [2.24, 2.45) is 11.1 Å². The third-order valence-electron chi connectivity index (χ3n) is 1.66. The molecule has 0 aromatic rings. The Morgan fingerprint density at radius 1 is 1.33 bits per heavy atom. The van der Waals surface area contributed by atoms with Crippen LogP contribution >= 0.6 is 0 Å². The Bertz CT molecular complexity index is 286. The van der Waals surface area contributed by atoms with E-state index in [-0.39, 0.29) is 12.0 Å². The predicted molar refractivity (Wildman–Crippen MR) is 55.0 cm³/mol. The quantitative estimate of drug-likeness (QED) is 0.754. The predicted octanol–water partition coefficient (Wildman–Crippen LogP) is 0.892. The second-order valence-electron chi connectivity index (χ2n) is 4.68. The van der Waals surface area contributed by atoms with Crippen LogP contribution in [-0.2, 0) is 10.0 Å². The Morgan fingerprint density at radius 3 is 2.13 bits per heavy atom. The molecule has 92 valence electrons. The van der Waals surface area contributed by atoms with Crippen LogP contribution in [0, 0.1) is 5.41 Å². The molecule has 0 radical (unpaired) electrons. The minimum Gasteiger partial charge on any atom is -0.326 e. The number of nitrogens with two attached hydrogens (primary N) is 1. The summed E-state index contributed by atoms with van der Waals surface area (Å²) in [5, 5.41) is 0. The molecule has 7 heteroatoms. The van der Waals surface area contributed by atoms with Crippen molar-refractivity contribution in [1.82, 2.24) is 4.72 Å². The third kappa shape index (κ3) is 6.75. The first-order valence-corrected chi connectivity index (χ1v) is 6.11. The first kappa shape index (κ1) is 14.7. The highest BCUT2D eigenvalue weighted by atomic mass is 32.2. The Labute approximate surface area is 89.3 Å². The average molecular weight is 244 g/mol. The van der Waals surface area contributed by atoms with Crippen LogP contribution < -0.4 is 10.5 Å². The van der Waals surface area contributed by atoms with Crippen LogP contribution in [0.5, 0.6) is 0 Å². The maximum absolute atomic E-state index is 11.9. The fourth-order valence-corrected chi connectivity index (χ4v) is 1.72. The number of nitrogens with one attached hydrogen (secondary N) is 1. The molecule has 0 aromatic carbocycles. The third-order valence-corrected chi connectivity index (χ3v) is 2.69. The summed E-state index contributed by atoms with van der Waals surface area (Å²) >= 11 is 0. The summed E-state index contributed by atoms with van der Waals surface area (Å²) in [4.78, 5) is 0. The van der Waals surface area contributed by atoms with Crippen LogP contribution in [0.15, 0.2) is 0 Å². The van der Waals surface area contributed by atoms with Gasteiger partial charge in [-0.1, -0.05) is 20.8 Å². The smallest absolute Gasteiger partial charge is 0.326 e. The summed E-state index contributed by atoms with van der Waals surface area (Å²) in [6.07, 6.45) is 0.554. The molecule has 0 rings (SSSR count). The topological polar surface area (TPSA) is 72.2 Å². The molecule has 0 amide bonds. The first-order valence-electron chi connectivity index (χ1n) is 4.57. The monoisotopic (exact) mass is 244 g/mol. The van der Waals surface area contributed by atoms with Gasteiger partial charge in [0.1, 0.15) is 0 Å². The maximum atomic E-state index is 11.9. The van der Waals surface area contributed by atoms with E-state index in [0.717, 1.165) is 0 Å². The Hall–Kier alpha value is -0.270. The summed E-state index contributed by atoms with van der Waals surface area (Å²) < 4.78 is 47.0. The van der Waals surface area contributed by atoms with E-state index in [1.54, 1.807) is 4.72 Å². The van der Waals surface area contributed by atoms with Crippen LogP contribution in [0.1, 0.15) is 27.2 Å². The Kier molecular flexibility index (Phi) is 5.08. The van der Waals surface area contributed by atoms with E-state index in [9.17, 15) is 17.2 Å². The second kappa shape index (κ2) is 5.18. The molecule has 0 bridgehead atoms. The summed E-state index contributed by atoms with van der Waals surface area (Å²) in [6.45, 7) is 5.65. The fraction of sp³-hybridized carbons (Fsp3) is 1.00. The van der Waals surface area contributed by atoms with Crippen molar-refractivity contribution in [2.75, 3.05) is 6.54 Å². The Morgan fingerprint density at radius 2 is 1.80 bits per heavy atom. The molecule has 4 nitrogen and oxygen atoms in total. The molecule has 0 spiro atoms. The van der Waals surface area contributed by atoms with E-state index in [2.05, 4.69) is 0 Å². The summed E-state index contributed by atoms with van der Waals surface area (Å²) in [7, 11) is -4.51. The minimum absolute atomic E-state index is 0.0598. The molecular formula is C8H18F2N2O2S. The minimum atomic E-state index is -4.51. The molecule has 3 N–H and O–H groups in total. The molecule has 0 aliphatic heterocycles. The van der Waals surface area contributed by atoms with Gasteiger partial charge in [-0.3, -0.25) is 0 Å². The summed E-state index contributed by atoms with van der Waals surface area (Å²) in [5.41, 5.74) is 5.54. The van der Waals surface area contributed by atoms with Gasteiger partial charge >= 0.3 is 5.76 Å². The van der Waals surface area contributed by atoms with Gasteiger partial charge in [0, 0.05) is 12.6 Å². The molecule has 1 atom stereocenters. The van der Waals surface area contributed by atoms with Crippen LogP contribution in [0.25, 0.3) is 0 Å². The van der Waals surface area contributed by atoms with Gasteiger partial charge in [0.25, 0.3) is 10.0 Å². The maximum Gasteiger partial charge on any atom is 0.350 e. The lowest BCUT2D eigenvalue weighted by Crippen LogP contribution is -2.41. The van der Waals surface area contributed by atoms with Crippen molar-refractivity contribution in [3.8, 4) is 0 Å². The standard InChI is InChI=1S/C8H18F2N2O2S/c1-8(2,3)4-6(11)5-12-15(13,14)7(9)10/h6-7,12H,4-5,11H2,1-3H3. The average Bonchev–Trinajstić information content (AvgIpc) is 1.97. The van der Waals surface area contributed by atoms with Crippen LogP contribution in [0.2, 0.25) is 0 Å². The number of hydrogen-bond acceptors (Lipinski definition) is 3. The zero-order valence-electron chi connectivity index (χ0n) is 9.13. The molecule has 0 saturated carbocycles. The van der Waals surface area contributed by atoms with Gasteiger partial charge in [0.05, 0.1) is 0 Å². The summed E-state index contributed by atoms with van der Waals surface area (Å²) in [6, 6.07) is -0.460. The zero-order valence-corrected chi connectivity index (χ0v) is 9.94. The molecular weight excluding hydrogens is 226 g/mol. The van der Waals surface area contributed by atoms with Crippen LogP contribution in [-0.4, -0.2) is 26.8 Å². The number of alkyl halides is 2. The van der Waals surface area contributed by atoms with Crippen LogP contribution in [0.4, 0.5) is 8.78 Å². The molecule has 0 aliphatic rings. The molecule has 0 aromatic heterocycles. The highest BCUT2D eigenvalue weighted by Gasteiger charge is 2.24. The normalized spacial score (nSPS) is 15.7. The van der Waals surface area contributed by atoms with Crippen molar-refractivity contribution in [3.05, 3.63) is 0 Å². The van der Waals surface area contributed by atoms with Gasteiger partial charge in [-0.2, -0.15) is 8.78 Å². The van der Waals surface area contributed by atoms with E-state index in [1.165, 1.54) is 0 Å². The highest BCUT2D eigenvalue weighted by molar-refractivity contribution is 7.89. The van der Waals surface area contributed by atoms with Gasteiger partial charge < -0.3 is 5.73 Å². The lowest BCUT2D eigenvalue weighted by Gasteiger charge is -2.23. The fourth-order valence-electron chi connectivity index (χ4n) is 1.14. The highest BCUT2D eigenvalue weighted by Crippen LogP contribution is 2.19. The van der Waals surface area contributed by atoms with Crippen molar-refractivity contribution >= 4 is 10.0 Å². The SMILES string of the molecule is CC(C)(C)CC(N)CNS(=O)(=O)C(F)F. The van der Waals surface area contributed by atoms with E-state index >= 15 is 0 Å². The number of rotatable bonds is 5. The van der Waals surface area contributed by atoms with Crippen molar-refractivity contribution in [3.63, 3.8) is 0 Å². The van der Waals surface area contributed by atoms with Crippen molar-refractivity contribution in [2.45, 2.75) is 39.0 Å². The number of hydrogen-bond donors (Lipinski definition) is 2. The number of halogens is 2. The molecule has 0 fully saturated rings. The van der Waals surface area contributed by atoms with Gasteiger partial charge in [-0.15, -0.1) is 0 Å². The lowest BCUT2D eigenvalue weighted by atomic mass is 9.88. The molecule has 15 heavy (non-hydrogen) atoms. The Balaban J connectivity index is 4.08. The van der Waals surface area contributed by atoms with Gasteiger partial charge in [-0.05, 0) is 11.8 Å². The van der Waals surface area contributed by atoms with Crippen molar-refractivity contribution in [1.29, 1.82) is 0 Å². The van der Waals surface area contributed by atoms with Crippen LogP contribution in [0.3, 0.4) is 0 Å². The van der Waals surface area contributed by atoms with E-state index in [4.69, 9.17) is 5.73 Å². The molecule has 0 aliphatic carbocycles. The first-order chi connectivity index (χ1) is 6.54. The summed E-state index contributed by atoms with van der Waals surface area (Å²) in [5.74, 6) is -3.40. The lowest BCUT2D eigenvalue weighted by molar-refractivity contribution is 0.232. The van der Waals surface area contributed by atoms with E-state index < -0.39 is 21.8 Å². The van der Waals surface area contributed by atoms with Gasteiger partial charge in [-0.25, -0.2) is 13.1 Å². The largest absolute Gasteiger partial charge is 0.350 e. The molecule has 0 saturated heterocycles. The number of sulfonamides is 1. The van der Waals surface area contributed by atoms with E-state index in [0.29, 0.717) is 6.42 Å². The van der Waals surface area contributed by atoms with Gasteiger partial charge in [0.2, 0.25) is 0 Å². The second-order valence-corrected chi connectivity index (χ2v) is 6.41. The van der Waals surface area contributed by atoms with Crippen molar-refractivity contribution < 1.29 is 17.2 Å². The zero-order chi connectivity index (χ0) is 12.3.